The Kier molecular flexibility index (Phi) is 4.87. The van der Waals surface area contributed by atoms with Crippen LogP contribution in [0.3, 0.4) is 0 Å². The molecule has 8 nitrogen and oxygen atoms in total. The van der Waals surface area contributed by atoms with Crippen LogP contribution in [0.2, 0.25) is 0 Å². The number of aryl methyl sites for hydroxylation is 2. The number of carbonyl (C=O) groups excluding carboxylic acids is 1. The highest BCUT2D eigenvalue weighted by Crippen LogP contribution is 2.29. The number of sulfonamides is 1. The summed E-state index contributed by atoms with van der Waals surface area (Å²) < 4.78 is 32.2. The van der Waals surface area contributed by atoms with Crippen molar-refractivity contribution in [3.8, 4) is 0 Å². The molecule has 0 spiro atoms. The van der Waals surface area contributed by atoms with Crippen LogP contribution >= 0.6 is 0 Å². The first-order chi connectivity index (χ1) is 11.9. The third kappa shape index (κ3) is 3.42. The van der Waals surface area contributed by atoms with Crippen molar-refractivity contribution >= 4 is 15.9 Å². The van der Waals surface area contributed by atoms with Crippen molar-refractivity contribution in [3.05, 3.63) is 41.5 Å². The first-order valence-electron chi connectivity index (χ1n) is 8.02. The molecule has 1 atom stereocenters. The highest BCUT2D eigenvalue weighted by molar-refractivity contribution is 7.89. The Morgan fingerprint density at radius 3 is 2.88 bits per heavy atom. The van der Waals surface area contributed by atoms with E-state index < -0.39 is 16.1 Å². The van der Waals surface area contributed by atoms with Gasteiger partial charge in [-0.3, -0.25) is 9.78 Å². The maximum atomic E-state index is 13.0. The van der Waals surface area contributed by atoms with E-state index in [2.05, 4.69) is 15.5 Å². The Bertz CT molecular complexity index is 844. The summed E-state index contributed by atoms with van der Waals surface area (Å²) in [5.74, 6) is -0.0735. The van der Waals surface area contributed by atoms with Crippen LogP contribution < -0.4 is 5.32 Å². The maximum Gasteiger partial charge on any atom is 0.249 e. The van der Waals surface area contributed by atoms with E-state index in [0.29, 0.717) is 31.6 Å². The van der Waals surface area contributed by atoms with Crippen molar-refractivity contribution in [2.75, 3.05) is 6.54 Å². The molecule has 1 aliphatic heterocycles. The molecule has 25 heavy (non-hydrogen) atoms. The number of nitrogens with one attached hydrogen (secondary N) is 1. The fraction of sp³-hybridized carbons (Fsp3) is 0.438. The Morgan fingerprint density at radius 2 is 2.24 bits per heavy atom. The molecule has 0 saturated carbocycles. The SMILES string of the molecule is Cc1noc(C)c1S(=O)(=O)N1CCCC1C(=O)NCc1cccnc1. The molecule has 2 aromatic heterocycles. The number of rotatable bonds is 5. The average molecular weight is 364 g/mol. The summed E-state index contributed by atoms with van der Waals surface area (Å²) in [4.78, 5) is 16.6. The van der Waals surface area contributed by atoms with E-state index in [-0.39, 0.29) is 16.6 Å². The van der Waals surface area contributed by atoms with Gasteiger partial charge in [0.15, 0.2) is 5.76 Å². The van der Waals surface area contributed by atoms with Crippen molar-refractivity contribution in [2.45, 2.75) is 44.2 Å². The molecule has 0 aromatic carbocycles. The summed E-state index contributed by atoms with van der Waals surface area (Å²) >= 11 is 0. The van der Waals surface area contributed by atoms with Crippen LogP contribution in [0.4, 0.5) is 0 Å². The van der Waals surface area contributed by atoms with Crippen molar-refractivity contribution in [2.24, 2.45) is 0 Å². The fourth-order valence-electron chi connectivity index (χ4n) is 3.06. The van der Waals surface area contributed by atoms with Gasteiger partial charge in [-0.1, -0.05) is 11.2 Å². The van der Waals surface area contributed by atoms with Gasteiger partial charge in [0.05, 0.1) is 0 Å². The number of amides is 1. The second-order valence-corrected chi connectivity index (χ2v) is 7.83. The molecule has 3 heterocycles. The van der Waals surface area contributed by atoms with E-state index in [1.807, 2.05) is 6.07 Å². The van der Waals surface area contributed by atoms with Gasteiger partial charge >= 0.3 is 0 Å². The van der Waals surface area contributed by atoms with Crippen LogP contribution in [0.15, 0.2) is 33.9 Å². The van der Waals surface area contributed by atoms with Gasteiger partial charge in [0, 0.05) is 25.5 Å². The highest BCUT2D eigenvalue weighted by Gasteiger charge is 2.41. The van der Waals surface area contributed by atoms with Crippen LogP contribution in [-0.4, -0.2) is 41.4 Å². The number of nitrogens with zero attached hydrogens (tertiary/aromatic N) is 3. The Balaban J connectivity index is 1.77. The third-order valence-corrected chi connectivity index (χ3v) is 6.38. The van der Waals surface area contributed by atoms with E-state index in [9.17, 15) is 13.2 Å². The normalized spacial score (nSPS) is 18.4. The molecule has 9 heteroatoms. The monoisotopic (exact) mass is 364 g/mol. The Labute approximate surface area is 146 Å². The molecule has 2 aromatic rings. The first-order valence-corrected chi connectivity index (χ1v) is 9.46. The molecule has 0 bridgehead atoms. The van der Waals surface area contributed by atoms with Gasteiger partial charge in [-0.25, -0.2) is 8.42 Å². The lowest BCUT2D eigenvalue weighted by Crippen LogP contribution is -2.45. The van der Waals surface area contributed by atoms with Gasteiger partial charge in [0.2, 0.25) is 15.9 Å². The molecule has 1 fully saturated rings. The highest BCUT2D eigenvalue weighted by atomic mass is 32.2. The van der Waals surface area contributed by atoms with Crippen molar-refractivity contribution in [3.63, 3.8) is 0 Å². The van der Waals surface area contributed by atoms with E-state index >= 15 is 0 Å². The van der Waals surface area contributed by atoms with Gasteiger partial charge in [-0.2, -0.15) is 4.31 Å². The molecule has 0 aliphatic carbocycles. The van der Waals surface area contributed by atoms with Crippen molar-refractivity contribution in [1.82, 2.24) is 19.8 Å². The summed E-state index contributed by atoms with van der Waals surface area (Å²) in [5.41, 5.74) is 1.16. The number of aromatic nitrogens is 2. The molecule has 1 saturated heterocycles. The molecular weight excluding hydrogens is 344 g/mol. The van der Waals surface area contributed by atoms with E-state index in [1.165, 1.54) is 4.31 Å². The molecule has 3 rings (SSSR count). The lowest BCUT2D eigenvalue weighted by Gasteiger charge is -2.23. The van der Waals surface area contributed by atoms with E-state index in [4.69, 9.17) is 4.52 Å². The van der Waals surface area contributed by atoms with Crippen molar-refractivity contribution in [1.29, 1.82) is 0 Å². The van der Waals surface area contributed by atoms with Crippen LogP contribution in [0, 0.1) is 13.8 Å². The van der Waals surface area contributed by atoms with Gasteiger partial charge in [-0.15, -0.1) is 0 Å². The Hall–Kier alpha value is -2.26. The van der Waals surface area contributed by atoms with Crippen LogP contribution in [0.25, 0.3) is 0 Å². The number of carbonyl (C=O) groups is 1. The summed E-state index contributed by atoms with van der Waals surface area (Å²) in [6.45, 7) is 3.75. The minimum Gasteiger partial charge on any atom is -0.360 e. The minimum atomic E-state index is -3.83. The number of pyridine rings is 1. The molecular formula is C16H20N4O4S. The van der Waals surface area contributed by atoms with Crippen LogP contribution in [0.1, 0.15) is 29.9 Å². The molecule has 0 radical (unpaired) electrons. The second kappa shape index (κ2) is 6.93. The maximum absolute atomic E-state index is 13.0. The summed E-state index contributed by atoms with van der Waals surface area (Å²) in [6.07, 6.45) is 4.43. The zero-order valence-corrected chi connectivity index (χ0v) is 14.9. The summed E-state index contributed by atoms with van der Waals surface area (Å²) in [7, 11) is -3.83. The zero-order valence-electron chi connectivity index (χ0n) is 14.1. The largest absolute Gasteiger partial charge is 0.360 e. The van der Waals surface area contributed by atoms with Gasteiger partial charge in [-0.05, 0) is 38.3 Å². The molecule has 1 aliphatic rings. The van der Waals surface area contributed by atoms with Crippen molar-refractivity contribution < 1.29 is 17.7 Å². The molecule has 134 valence electrons. The predicted molar refractivity (Wildman–Crippen MR) is 89.0 cm³/mol. The van der Waals surface area contributed by atoms with Crippen LogP contribution in [0.5, 0.6) is 0 Å². The zero-order chi connectivity index (χ0) is 18.0. The average Bonchev–Trinajstić information content (AvgIpc) is 3.21. The topological polar surface area (TPSA) is 105 Å². The van der Waals surface area contributed by atoms with E-state index in [0.717, 1.165) is 5.56 Å². The summed E-state index contributed by atoms with van der Waals surface area (Å²) in [6, 6.07) is 2.90. The number of hydrogen-bond acceptors (Lipinski definition) is 6. The Morgan fingerprint density at radius 1 is 1.44 bits per heavy atom. The van der Waals surface area contributed by atoms with E-state index in [1.54, 1.807) is 32.3 Å². The third-order valence-electron chi connectivity index (χ3n) is 4.23. The fourth-order valence-corrected chi connectivity index (χ4v) is 5.01. The molecule has 1 N–H and O–H groups in total. The van der Waals surface area contributed by atoms with Gasteiger partial charge in [0.25, 0.3) is 0 Å². The lowest BCUT2D eigenvalue weighted by molar-refractivity contribution is -0.124. The smallest absolute Gasteiger partial charge is 0.249 e. The lowest BCUT2D eigenvalue weighted by atomic mass is 10.2. The molecule has 1 unspecified atom stereocenters. The van der Waals surface area contributed by atoms with Gasteiger partial charge in [0.1, 0.15) is 16.6 Å². The first kappa shape index (κ1) is 17.6. The quantitative estimate of drug-likeness (QED) is 0.853. The van der Waals surface area contributed by atoms with Gasteiger partial charge < -0.3 is 9.84 Å². The molecule has 1 amide bonds. The standard InChI is InChI=1S/C16H20N4O4S/c1-11-15(12(2)24-19-11)25(22,23)20-8-4-6-14(20)16(21)18-10-13-5-3-7-17-9-13/h3,5,7,9,14H,4,6,8,10H2,1-2H3,(H,18,21). The predicted octanol–water partition coefficient (Wildman–Crippen LogP) is 1.16. The number of hydrogen-bond donors (Lipinski definition) is 1. The summed E-state index contributed by atoms with van der Waals surface area (Å²) in [5, 5.41) is 6.50. The van der Waals surface area contributed by atoms with Crippen LogP contribution in [-0.2, 0) is 21.4 Å². The second-order valence-electron chi connectivity index (χ2n) is 6.01. The minimum absolute atomic E-state index is 0.0551.